The van der Waals surface area contributed by atoms with E-state index in [-0.39, 0.29) is 0 Å². The van der Waals surface area contributed by atoms with E-state index in [4.69, 9.17) is 14.5 Å². The van der Waals surface area contributed by atoms with Crippen LogP contribution in [0, 0.1) is 0 Å². The smallest absolute Gasteiger partial charge is 0.124 e. The highest BCUT2D eigenvalue weighted by atomic mass is 32.1. The first kappa shape index (κ1) is 15.9. The van der Waals surface area contributed by atoms with Gasteiger partial charge in [-0.05, 0) is 18.6 Å². The predicted molar refractivity (Wildman–Crippen MR) is 87.1 cm³/mol. The maximum absolute atomic E-state index is 5.28. The third kappa shape index (κ3) is 4.27. The van der Waals surface area contributed by atoms with Crippen molar-refractivity contribution in [2.24, 2.45) is 0 Å². The van der Waals surface area contributed by atoms with Gasteiger partial charge in [0, 0.05) is 30.6 Å². The first-order valence-electron chi connectivity index (χ1n) is 7.11. The van der Waals surface area contributed by atoms with Crippen LogP contribution in [0.15, 0.2) is 24.3 Å². The Morgan fingerprint density at radius 1 is 1.29 bits per heavy atom. The minimum absolute atomic E-state index is 0.725. The number of nitrogens with zero attached hydrogens (tertiary/aromatic N) is 1. The van der Waals surface area contributed by atoms with E-state index in [0.29, 0.717) is 0 Å². The monoisotopic (exact) mass is 306 g/mol. The average Bonchev–Trinajstić information content (AvgIpc) is 2.95. The Hall–Kier alpha value is -1.43. The van der Waals surface area contributed by atoms with Crippen LogP contribution in [0.3, 0.4) is 0 Å². The molecule has 2 aromatic rings. The van der Waals surface area contributed by atoms with E-state index in [0.717, 1.165) is 42.4 Å². The summed E-state index contributed by atoms with van der Waals surface area (Å²) in [7, 11) is 3.40. The third-order valence-corrected chi connectivity index (χ3v) is 4.35. The van der Waals surface area contributed by atoms with Gasteiger partial charge in [-0.15, -0.1) is 11.3 Å². The van der Waals surface area contributed by atoms with Gasteiger partial charge in [-0.1, -0.05) is 19.1 Å². The van der Waals surface area contributed by atoms with Crippen molar-refractivity contribution in [1.82, 2.24) is 10.3 Å². The molecule has 0 spiro atoms. The summed E-state index contributed by atoms with van der Waals surface area (Å²) in [5.74, 6) is 0.862. The van der Waals surface area contributed by atoms with Gasteiger partial charge in [-0.3, -0.25) is 0 Å². The van der Waals surface area contributed by atoms with Crippen LogP contribution in [-0.2, 0) is 17.7 Å². The van der Waals surface area contributed by atoms with Gasteiger partial charge in [0.1, 0.15) is 10.8 Å². The summed E-state index contributed by atoms with van der Waals surface area (Å²) in [6, 6.07) is 8.05. The first-order valence-corrected chi connectivity index (χ1v) is 7.92. The molecule has 0 atom stereocenters. The number of benzene rings is 1. The maximum Gasteiger partial charge on any atom is 0.124 e. The lowest BCUT2D eigenvalue weighted by Gasteiger charge is -2.02. The minimum Gasteiger partial charge on any atom is -0.497 e. The molecule has 0 aliphatic carbocycles. The fourth-order valence-electron chi connectivity index (χ4n) is 2.05. The molecule has 0 aliphatic rings. The number of methoxy groups -OCH3 is 2. The van der Waals surface area contributed by atoms with E-state index in [2.05, 4.69) is 18.3 Å². The lowest BCUT2D eigenvalue weighted by atomic mass is 10.2. The molecule has 0 bridgehead atoms. The fourth-order valence-corrected chi connectivity index (χ4v) is 3.17. The molecule has 0 unspecified atom stereocenters. The van der Waals surface area contributed by atoms with E-state index in [1.165, 1.54) is 10.6 Å². The van der Waals surface area contributed by atoms with E-state index >= 15 is 0 Å². The molecule has 1 aromatic carbocycles. The molecule has 21 heavy (non-hydrogen) atoms. The molecule has 0 saturated heterocycles. The van der Waals surface area contributed by atoms with E-state index in [1.54, 1.807) is 25.6 Å². The number of hydrogen-bond acceptors (Lipinski definition) is 5. The summed E-state index contributed by atoms with van der Waals surface area (Å²) in [5.41, 5.74) is 2.28. The summed E-state index contributed by atoms with van der Waals surface area (Å²) in [5, 5.41) is 4.44. The summed E-state index contributed by atoms with van der Waals surface area (Å²) in [6.07, 6.45) is 0.946. The van der Waals surface area contributed by atoms with E-state index in [9.17, 15) is 0 Å². The van der Waals surface area contributed by atoms with Gasteiger partial charge in [0.05, 0.1) is 19.4 Å². The van der Waals surface area contributed by atoms with E-state index in [1.807, 2.05) is 18.2 Å². The van der Waals surface area contributed by atoms with Gasteiger partial charge in [0.15, 0.2) is 0 Å². The van der Waals surface area contributed by atoms with Gasteiger partial charge in [-0.2, -0.15) is 0 Å². The van der Waals surface area contributed by atoms with Crippen LogP contribution in [0.2, 0.25) is 0 Å². The third-order valence-electron chi connectivity index (χ3n) is 3.20. The summed E-state index contributed by atoms with van der Waals surface area (Å²) in [6.45, 7) is 4.56. The van der Waals surface area contributed by atoms with E-state index < -0.39 is 0 Å². The SMILES string of the molecule is CCc1nc(-c2cccc(OC)c2)sc1CNCCOC. The Labute approximate surface area is 130 Å². The number of ether oxygens (including phenoxy) is 2. The molecule has 0 saturated carbocycles. The number of nitrogens with one attached hydrogen (secondary N) is 1. The van der Waals surface area contributed by atoms with Crippen molar-refractivity contribution in [1.29, 1.82) is 0 Å². The Bertz CT molecular complexity index is 569. The molecular formula is C16H22N2O2S. The van der Waals surface area contributed by atoms with Crippen LogP contribution < -0.4 is 10.1 Å². The summed E-state index contributed by atoms with van der Waals surface area (Å²) < 4.78 is 10.3. The van der Waals surface area contributed by atoms with Crippen LogP contribution in [0.4, 0.5) is 0 Å². The molecule has 1 aromatic heterocycles. The predicted octanol–water partition coefficient (Wildman–Crippen LogP) is 3.12. The zero-order valence-electron chi connectivity index (χ0n) is 12.8. The van der Waals surface area contributed by atoms with Crippen molar-refractivity contribution in [2.75, 3.05) is 27.4 Å². The number of hydrogen-bond donors (Lipinski definition) is 1. The molecule has 0 aliphatic heterocycles. The maximum atomic E-state index is 5.28. The zero-order valence-corrected chi connectivity index (χ0v) is 13.6. The number of aryl methyl sites for hydroxylation is 1. The van der Waals surface area contributed by atoms with Crippen LogP contribution in [0.25, 0.3) is 10.6 Å². The van der Waals surface area contributed by atoms with Gasteiger partial charge in [0.25, 0.3) is 0 Å². The van der Waals surface area contributed by atoms with Gasteiger partial charge >= 0.3 is 0 Å². The van der Waals surface area contributed by atoms with Gasteiger partial charge < -0.3 is 14.8 Å². The van der Waals surface area contributed by atoms with Crippen molar-refractivity contribution < 1.29 is 9.47 Å². The minimum atomic E-state index is 0.725. The van der Waals surface area contributed by atoms with Crippen LogP contribution >= 0.6 is 11.3 Å². The van der Waals surface area contributed by atoms with Crippen LogP contribution in [0.5, 0.6) is 5.75 Å². The summed E-state index contributed by atoms with van der Waals surface area (Å²) in [4.78, 5) is 6.06. The Balaban J connectivity index is 2.15. The number of thiazole rings is 1. The first-order chi connectivity index (χ1) is 10.3. The molecule has 114 valence electrons. The van der Waals surface area contributed by atoms with Crippen LogP contribution in [0.1, 0.15) is 17.5 Å². The molecule has 0 amide bonds. The molecular weight excluding hydrogens is 284 g/mol. The van der Waals surface area contributed by atoms with Crippen molar-refractivity contribution in [3.05, 3.63) is 34.8 Å². The highest BCUT2D eigenvalue weighted by molar-refractivity contribution is 7.15. The van der Waals surface area contributed by atoms with Crippen molar-refractivity contribution >= 4 is 11.3 Å². The Morgan fingerprint density at radius 2 is 2.14 bits per heavy atom. The molecule has 4 nitrogen and oxygen atoms in total. The largest absolute Gasteiger partial charge is 0.497 e. The fraction of sp³-hybridized carbons (Fsp3) is 0.438. The number of aromatic nitrogens is 1. The van der Waals surface area contributed by atoms with Crippen molar-refractivity contribution in [3.63, 3.8) is 0 Å². The Morgan fingerprint density at radius 3 is 2.86 bits per heavy atom. The van der Waals surface area contributed by atoms with Crippen LogP contribution in [-0.4, -0.2) is 32.4 Å². The molecule has 1 heterocycles. The molecule has 2 rings (SSSR count). The molecule has 0 radical (unpaired) electrons. The van der Waals surface area contributed by atoms with Gasteiger partial charge in [-0.25, -0.2) is 4.98 Å². The quantitative estimate of drug-likeness (QED) is 0.761. The topological polar surface area (TPSA) is 43.4 Å². The normalized spacial score (nSPS) is 10.8. The highest BCUT2D eigenvalue weighted by Crippen LogP contribution is 2.30. The van der Waals surface area contributed by atoms with Crippen molar-refractivity contribution in [2.45, 2.75) is 19.9 Å². The molecule has 1 N–H and O–H groups in total. The second kappa shape index (κ2) is 8.12. The second-order valence-corrected chi connectivity index (χ2v) is 5.73. The van der Waals surface area contributed by atoms with Crippen molar-refractivity contribution in [3.8, 4) is 16.3 Å². The summed E-state index contributed by atoms with van der Waals surface area (Å²) >= 11 is 1.74. The lowest BCUT2D eigenvalue weighted by Crippen LogP contribution is -2.18. The number of rotatable bonds is 8. The standard InChI is InChI=1S/C16H22N2O2S/c1-4-14-15(11-17-8-9-19-2)21-16(18-14)12-6-5-7-13(10-12)20-3/h5-7,10,17H,4,8-9,11H2,1-3H3. The lowest BCUT2D eigenvalue weighted by molar-refractivity contribution is 0.199. The molecule has 0 fully saturated rings. The van der Waals surface area contributed by atoms with Gasteiger partial charge in [0.2, 0.25) is 0 Å². The second-order valence-electron chi connectivity index (χ2n) is 4.64. The highest BCUT2D eigenvalue weighted by Gasteiger charge is 2.11. The Kier molecular flexibility index (Phi) is 6.17. The molecule has 5 heteroatoms. The zero-order chi connectivity index (χ0) is 15.1. The average molecular weight is 306 g/mol.